The summed E-state index contributed by atoms with van der Waals surface area (Å²) < 4.78 is 4.91. The summed E-state index contributed by atoms with van der Waals surface area (Å²) in [5.74, 6) is -0.650. The maximum atomic E-state index is 12.5. The molecule has 0 fully saturated rings. The SMILES string of the molecule is CCOC(=O)c1c(C)sc(O)c(-c2ccccc2)c1=O. The van der Waals surface area contributed by atoms with E-state index in [1.54, 1.807) is 38.1 Å². The topological polar surface area (TPSA) is 63.6 Å². The van der Waals surface area contributed by atoms with E-state index >= 15 is 0 Å². The van der Waals surface area contributed by atoms with Gasteiger partial charge in [-0.05, 0) is 19.4 Å². The maximum Gasteiger partial charge on any atom is 0.343 e. The molecule has 0 saturated heterocycles. The van der Waals surface area contributed by atoms with Gasteiger partial charge in [-0.2, -0.15) is 0 Å². The van der Waals surface area contributed by atoms with Crippen LogP contribution >= 0.6 is 11.3 Å². The molecule has 2 rings (SSSR count). The summed E-state index contributed by atoms with van der Waals surface area (Å²) in [5.41, 5.74) is 0.220. The van der Waals surface area contributed by atoms with Gasteiger partial charge in [0.1, 0.15) is 5.56 Å². The second-order valence-corrected chi connectivity index (χ2v) is 5.33. The standard InChI is InChI=1S/C15H14O4S/c1-3-19-14(17)11-9(2)20-15(18)12(13(11)16)10-7-5-4-6-8-10/h4-8,18H,3H2,1-2H3. The maximum absolute atomic E-state index is 12.5. The quantitative estimate of drug-likeness (QED) is 0.883. The van der Waals surface area contributed by atoms with Gasteiger partial charge < -0.3 is 9.84 Å². The fourth-order valence-electron chi connectivity index (χ4n) is 1.93. The summed E-state index contributed by atoms with van der Waals surface area (Å²) in [4.78, 5) is 24.8. The number of hydrogen-bond acceptors (Lipinski definition) is 5. The number of carbonyl (C=O) groups is 1. The zero-order chi connectivity index (χ0) is 14.7. The molecule has 1 aromatic heterocycles. The first-order valence-corrected chi connectivity index (χ1v) is 6.97. The molecular weight excluding hydrogens is 276 g/mol. The Morgan fingerprint density at radius 2 is 1.95 bits per heavy atom. The minimum absolute atomic E-state index is 0.00602. The molecule has 5 heteroatoms. The first-order valence-electron chi connectivity index (χ1n) is 6.15. The van der Waals surface area contributed by atoms with Gasteiger partial charge >= 0.3 is 5.97 Å². The highest BCUT2D eigenvalue weighted by Crippen LogP contribution is 2.32. The lowest BCUT2D eigenvalue weighted by molar-refractivity contribution is 0.0524. The highest BCUT2D eigenvalue weighted by atomic mass is 32.1. The van der Waals surface area contributed by atoms with Crippen molar-refractivity contribution in [1.29, 1.82) is 0 Å². The Kier molecular flexibility index (Phi) is 4.20. The Balaban J connectivity index is 2.69. The highest BCUT2D eigenvalue weighted by molar-refractivity contribution is 7.14. The molecule has 104 valence electrons. The molecule has 0 saturated carbocycles. The molecule has 2 aromatic rings. The highest BCUT2D eigenvalue weighted by Gasteiger charge is 2.22. The Hall–Kier alpha value is -2.14. The predicted molar refractivity (Wildman–Crippen MR) is 78.4 cm³/mol. The Morgan fingerprint density at radius 1 is 1.30 bits per heavy atom. The van der Waals surface area contributed by atoms with Crippen LogP contribution in [0.25, 0.3) is 11.1 Å². The lowest BCUT2D eigenvalue weighted by Crippen LogP contribution is -2.20. The van der Waals surface area contributed by atoms with Crippen molar-refractivity contribution in [2.75, 3.05) is 6.61 Å². The molecule has 4 nitrogen and oxygen atoms in total. The minimum Gasteiger partial charge on any atom is -0.499 e. The lowest BCUT2D eigenvalue weighted by atomic mass is 10.1. The Labute approximate surface area is 120 Å². The van der Waals surface area contributed by atoms with Crippen LogP contribution in [0.5, 0.6) is 5.06 Å². The van der Waals surface area contributed by atoms with E-state index in [-0.39, 0.29) is 22.8 Å². The van der Waals surface area contributed by atoms with Gasteiger partial charge in [0.05, 0.1) is 12.2 Å². The normalized spacial score (nSPS) is 10.3. The summed E-state index contributed by atoms with van der Waals surface area (Å²) in [6.07, 6.45) is 0. The van der Waals surface area contributed by atoms with Gasteiger partial charge in [0.15, 0.2) is 5.06 Å². The van der Waals surface area contributed by atoms with Gasteiger partial charge in [0, 0.05) is 4.88 Å². The third kappa shape index (κ3) is 2.58. The van der Waals surface area contributed by atoms with Gasteiger partial charge in [-0.1, -0.05) is 30.3 Å². The van der Waals surface area contributed by atoms with Crippen LogP contribution in [0.15, 0.2) is 35.1 Å². The second-order valence-electron chi connectivity index (χ2n) is 4.13. The van der Waals surface area contributed by atoms with E-state index in [2.05, 4.69) is 0 Å². The zero-order valence-electron chi connectivity index (χ0n) is 11.2. The molecule has 1 N–H and O–H groups in total. The predicted octanol–water partition coefficient (Wildman–Crippen LogP) is 2.97. The van der Waals surface area contributed by atoms with E-state index in [1.807, 2.05) is 6.07 Å². The van der Waals surface area contributed by atoms with Crippen molar-refractivity contribution >= 4 is 17.3 Å². The number of esters is 1. The number of carbonyl (C=O) groups excluding carboxylic acids is 1. The second kappa shape index (κ2) is 5.88. The molecule has 0 spiro atoms. The number of aromatic hydroxyl groups is 1. The minimum atomic E-state index is -0.650. The van der Waals surface area contributed by atoms with E-state index in [0.29, 0.717) is 10.4 Å². The van der Waals surface area contributed by atoms with Crippen LogP contribution in [0, 0.1) is 6.92 Å². The molecule has 0 aliphatic rings. The van der Waals surface area contributed by atoms with Gasteiger partial charge in [0.2, 0.25) is 5.43 Å². The molecule has 0 atom stereocenters. The summed E-state index contributed by atoms with van der Waals surface area (Å²) in [6.45, 7) is 3.50. The van der Waals surface area contributed by atoms with Crippen LogP contribution in [0.3, 0.4) is 0 Å². The van der Waals surface area contributed by atoms with Gasteiger partial charge in [0.25, 0.3) is 0 Å². The van der Waals surface area contributed by atoms with Crippen LogP contribution in [-0.4, -0.2) is 17.7 Å². The first kappa shape index (κ1) is 14.3. The Bertz CT molecular complexity index is 689. The summed E-state index contributed by atoms with van der Waals surface area (Å²) in [7, 11) is 0. The lowest BCUT2D eigenvalue weighted by Gasteiger charge is -2.09. The van der Waals surface area contributed by atoms with E-state index in [4.69, 9.17) is 4.74 Å². The third-order valence-electron chi connectivity index (χ3n) is 2.81. The van der Waals surface area contributed by atoms with Crippen molar-refractivity contribution in [3.63, 3.8) is 0 Å². The van der Waals surface area contributed by atoms with Crippen molar-refractivity contribution in [3.05, 3.63) is 51.0 Å². The molecule has 0 aliphatic heterocycles. The van der Waals surface area contributed by atoms with Crippen LogP contribution < -0.4 is 5.43 Å². The fourth-order valence-corrected chi connectivity index (χ4v) is 2.81. The van der Waals surface area contributed by atoms with Crippen molar-refractivity contribution in [2.45, 2.75) is 13.8 Å². The number of ether oxygens (including phenoxy) is 1. The number of hydrogen-bond donors (Lipinski definition) is 1. The van der Waals surface area contributed by atoms with Crippen LogP contribution in [0.2, 0.25) is 0 Å². The molecule has 1 aromatic carbocycles. The van der Waals surface area contributed by atoms with Crippen molar-refractivity contribution in [2.24, 2.45) is 0 Å². The van der Waals surface area contributed by atoms with Crippen LogP contribution in [0.4, 0.5) is 0 Å². The molecule has 1 heterocycles. The van der Waals surface area contributed by atoms with Gasteiger partial charge in [-0.3, -0.25) is 4.79 Å². The number of benzene rings is 1. The zero-order valence-corrected chi connectivity index (χ0v) is 12.0. The molecule has 0 unspecified atom stereocenters. The van der Waals surface area contributed by atoms with E-state index in [1.165, 1.54) is 0 Å². The van der Waals surface area contributed by atoms with E-state index < -0.39 is 11.4 Å². The average Bonchev–Trinajstić information content (AvgIpc) is 2.39. The molecule has 0 radical (unpaired) electrons. The first-order chi connectivity index (χ1) is 9.56. The van der Waals surface area contributed by atoms with Gasteiger partial charge in [-0.25, -0.2) is 4.79 Å². The number of rotatable bonds is 3. The molecule has 0 amide bonds. The van der Waals surface area contributed by atoms with Crippen LogP contribution in [-0.2, 0) is 4.74 Å². The van der Waals surface area contributed by atoms with E-state index in [9.17, 15) is 14.7 Å². The third-order valence-corrected chi connectivity index (χ3v) is 3.72. The van der Waals surface area contributed by atoms with Crippen molar-refractivity contribution in [1.82, 2.24) is 0 Å². The summed E-state index contributed by atoms with van der Waals surface area (Å²) in [5, 5.41) is 9.94. The molecule has 20 heavy (non-hydrogen) atoms. The molecular formula is C15H14O4S. The largest absolute Gasteiger partial charge is 0.499 e. The average molecular weight is 290 g/mol. The van der Waals surface area contributed by atoms with Crippen LogP contribution in [0.1, 0.15) is 22.2 Å². The smallest absolute Gasteiger partial charge is 0.343 e. The molecule has 0 aliphatic carbocycles. The van der Waals surface area contributed by atoms with Crippen molar-refractivity contribution in [3.8, 4) is 16.2 Å². The monoisotopic (exact) mass is 290 g/mol. The van der Waals surface area contributed by atoms with Gasteiger partial charge in [-0.15, -0.1) is 11.3 Å². The summed E-state index contributed by atoms with van der Waals surface area (Å²) in [6, 6.07) is 8.78. The fraction of sp³-hybridized carbons (Fsp3) is 0.200. The Morgan fingerprint density at radius 3 is 2.55 bits per heavy atom. The van der Waals surface area contributed by atoms with Crippen molar-refractivity contribution < 1.29 is 14.6 Å². The summed E-state index contributed by atoms with van der Waals surface area (Å²) >= 11 is 1.00. The molecule has 0 bridgehead atoms. The number of aryl methyl sites for hydroxylation is 1. The van der Waals surface area contributed by atoms with E-state index in [0.717, 1.165) is 11.3 Å².